The van der Waals surface area contributed by atoms with Gasteiger partial charge in [0.05, 0.1) is 4.92 Å². The third-order valence-corrected chi connectivity index (χ3v) is 2.83. The van der Waals surface area contributed by atoms with E-state index in [0.717, 1.165) is 23.9 Å². The molecule has 0 fully saturated rings. The van der Waals surface area contributed by atoms with E-state index in [2.05, 4.69) is 6.58 Å². The molecule has 0 saturated carbocycles. The van der Waals surface area contributed by atoms with Gasteiger partial charge in [-0.2, -0.15) is 13.2 Å². The second-order valence-electron chi connectivity index (χ2n) is 3.03. The minimum atomic E-state index is -4.73. The van der Waals surface area contributed by atoms with Crippen LogP contribution < -0.4 is 0 Å². The van der Waals surface area contributed by atoms with Crippen molar-refractivity contribution in [3.8, 4) is 0 Å². The highest BCUT2D eigenvalue weighted by molar-refractivity contribution is 7.99. The molecule has 0 bridgehead atoms. The summed E-state index contributed by atoms with van der Waals surface area (Å²) in [6.07, 6.45) is -3.19. The van der Waals surface area contributed by atoms with E-state index >= 15 is 0 Å². The Morgan fingerprint density at radius 3 is 2.59 bits per heavy atom. The summed E-state index contributed by atoms with van der Waals surface area (Å²) in [6.45, 7) is 3.44. The van der Waals surface area contributed by atoms with Crippen molar-refractivity contribution in [1.29, 1.82) is 0 Å². The summed E-state index contributed by atoms with van der Waals surface area (Å²) in [5.41, 5.74) is -2.16. The van der Waals surface area contributed by atoms with Crippen molar-refractivity contribution >= 4 is 17.4 Å². The Morgan fingerprint density at radius 1 is 1.47 bits per heavy atom. The maximum atomic E-state index is 12.6. The molecule has 0 radical (unpaired) electrons. The van der Waals surface area contributed by atoms with Crippen LogP contribution in [0.1, 0.15) is 5.56 Å². The lowest BCUT2D eigenvalue weighted by atomic mass is 10.2. The van der Waals surface area contributed by atoms with Gasteiger partial charge in [-0.3, -0.25) is 10.1 Å². The molecule has 7 heteroatoms. The van der Waals surface area contributed by atoms with Gasteiger partial charge in [-0.1, -0.05) is 6.08 Å². The highest BCUT2D eigenvalue weighted by atomic mass is 32.2. The van der Waals surface area contributed by atoms with E-state index in [1.807, 2.05) is 0 Å². The number of nitro groups is 1. The van der Waals surface area contributed by atoms with Gasteiger partial charge in [0.1, 0.15) is 5.56 Å². The van der Waals surface area contributed by atoms with E-state index in [-0.39, 0.29) is 0 Å². The lowest BCUT2D eigenvalue weighted by Crippen LogP contribution is -2.08. The Balaban J connectivity index is 3.19. The molecule has 0 spiro atoms. The summed E-state index contributed by atoms with van der Waals surface area (Å²) in [5.74, 6) is 0.440. The Hall–Kier alpha value is -1.50. The molecule has 0 aromatic heterocycles. The van der Waals surface area contributed by atoms with Crippen molar-refractivity contribution in [3.63, 3.8) is 0 Å². The number of alkyl halides is 3. The molecule has 1 aromatic carbocycles. The van der Waals surface area contributed by atoms with Crippen LogP contribution in [0.25, 0.3) is 0 Å². The second kappa shape index (κ2) is 5.22. The van der Waals surface area contributed by atoms with Crippen LogP contribution in [-0.2, 0) is 6.18 Å². The molecular formula is C10H8F3NO2S. The SMILES string of the molecule is C=CCSc1ccc([N+](=O)[O-])c(C(F)(F)F)c1. The van der Waals surface area contributed by atoms with Crippen molar-refractivity contribution in [1.82, 2.24) is 0 Å². The first-order chi connectivity index (χ1) is 7.86. The molecule has 0 unspecified atom stereocenters. The summed E-state index contributed by atoms with van der Waals surface area (Å²) in [6, 6.07) is 2.95. The summed E-state index contributed by atoms with van der Waals surface area (Å²) in [4.78, 5) is 9.76. The van der Waals surface area contributed by atoms with Crippen molar-refractivity contribution in [2.45, 2.75) is 11.1 Å². The van der Waals surface area contributed by atoms with Crippen LogP contribution in [0.15, 0.2) is 35.7 Å². The maximum absolute atomic E-state index is 12.6. The fraction of sp³-hybridized carbons (Fsp3) is 0.200. The Bertz CT molecular complexity index is 446. The molecule has 1 aromatic rings. The van der Waals surface area contributed by atoms with Crippen molar-refractivity contribution in [2.24, 2.45) is 0 Å². The molecule has 0 heterocycles. The number of rotatable bonds is 4. The summed E-state index contributed by atoms with van der Waals surface area (Å²) in [7, 11) is 0. The molecular weight excluding hydrogens is 255 g/mol. The molecule has 17 heavy (non-hydrogen) atoms. The van der Waals surface area contributed by atoms with E-state index in [9.17, 15) is 23.3 Å². The van der Waals surface area contributed by atoms with E-state index < -0.39 is 22.4 Å². The Labute approximate surface area is 99.5 Å². The molecule has 1 rings (SSSR count). The molecule has 92 valence electrons. The Kier molecular flexibility index (Phi) is 4.17. The fourth-order valence-corrected chi connectivity index (χ4v) is 1.82. The number of hydrogen-bond donors (Lipinski definition) is 0. The van der Waals surface area contributed by atoms with Crippen LogP contribution in [-0.4, -0.2) is 10.7 Å². The van der Waals surface area contributed by atoms with Gasteiger partial charge in [-0.05, 0) is 12.1 Å². The number of nitro benzene ring substituents is 1. The van der Waals surface area contributed by atoms with Crippen LogP contribution in [0.5, 0.6) is 0 Å². The van der Waals surface area contributed by atoms with E-state index in [1.165, 1.54) is 6.07 Å². The molecule has 0 aliphatic carbocycles. The third kappa shape index (κ3) is 3.48. The van der Waals surface area contributed by atoms with Crippen molar-refractivity contribution < 1.29 is 18.1 Å². The average Bonchev–Trinajstić information content (AvgIpc) is 2.24. The van der Waals surface area contributed by atoms with Gasteiger partial charge in [0.15, 0.2) is 0 Å². The van der Waals surface area contributed by atoms with Gasteiger partial charge >= 0.3 is 6.18 Å². The highest BCUT2D eigenvalue weighted by Gasteiger charge is 2.38. The summed E-state index contributed by atoms with van der Waals surface area (Å²) < 4.78 is 37.7. The predicted molar refractivity (Wildman–Crippen MR) is 59.0 cm³/mol. The zero-order valence-corrected chi connectivity index (χ0v) is 9.35. The van der Waals surface area contributed by atoms with Gasteiger partial charge in [-0.15, -0.1) is 18.3 Å². The quantitative estimate of drug-likeness (QED) is 0.358. The predicted octanol–water partition coefficient (Wildman–Crippen LogP) is 3.89. The van der Waals surface area contributed by atoms with E-state index in [4.69, 9.17) is 0 Å². The van der Waals surface area contributed by atoms with Gasteiger partial charge in [0.25, 0.3) is 5.69 Å². The second-order valence-corrected chi connectivity index (χ2v) is 4.13. The largest absolute Gasteiger partial charge is 0.423 e. The minimum absolute atomic E-state index is 0.322. The van der Waals surface area contributed by atoms with Gasteiger partial charge in [0, 0.05) is 16.7 Å². The Morgan fingerprint density at radius 2 is 2.12 bits per heavy atom. The molecule has 0 atom stereocenters. The smallest absolute Gasteiger partial charge is 0.258 e. The standard InChI is InChI=1S/C10H8F3NO2S/c1-2-5-17-7-3-4-9(14(15)16)8(6-7)10(11,12)13/h2-4,6H,1,5H2. The zero-order valence-electron chi connectivity index (χ0n) is 8.53. The van der Waals surface area contributed by atoms with E-state index in [0.29, 0.717) is 10.6 Å². The maximum Gasteiger partial charge on any atom is 0.423 e. The van der Waals surface area contributed by atoms with Gasteiger partial charge in [-0.25, -0.2) is 0 Å². The minimum Gasteiger partial charge on any atom is -0.258 e. The number of thioether (sulfide) groups is 1. The third-order valence-electron chi connectivity index (χ3n) is 1.84. The molecule has 0 saturated heterocycles. The van der Waals surface area contributed by atoms with E-state index in [1.54, 1.807) is 6.08 Å². The zero-order chi connectivity index (χ0) is 13.1. The number of nitrogens with zero attached hydrogens (tertiary/aromatic N) is 1. The molecule has 0 amide bonds. The van der Waals surface area contributed by atoms with Gasteiger partial charge in [0.2, 0.25) is 0 Å². The number of halogens is 3. The normalized spacial score (nSPS) is 11.2. The lowest BCUT2D eigenvalue weighted by Gasteiger charge is -2.08. The van der Waals surface area contributed by atoms with Gasteiger partial charge < -0.3 is 0 Å². The first-order valence-electron chi connectivity index (χ1n) is 4.45. The van der Waals surface area contributed by atoms with Crippen LogP contribution in [0.4, 0.5) is 18.9 Å². The molecule has 0 N–H and O–H groups in total. The fourth-order valence-electron chi connectivity index (χ4n) is 1.15. The monoisotopic (exact) mass is 263 g/mol. The first kappa shape index (κ1) is 13.6. The number of benzene rings is 1. The summed E-state index contributed by atoms with van der Waals surface area (Å²) >= 11 is 1.13. The highest BCUT2D eigenvalue weighted by Crippen LogP contribution is 2.38. The van der Waals surface area contributed by atoms with Crippen molar-refractivity contribution in [2.75, 3.05) is 5.75 Å². The van der Waals surface area contributed by atoms with Crippen LogP contribution in [0.2, 0.25) is 0 Å². The lowest BCUT2D eigenvalue weighted by molar-refractivity contribution is -0.388. The molecule has 0 aliphatic heterocycles. The van der Waals surface area contributed by atoms with Crippen LogP contribution >= 0.6 is 11.8 Å². The van der Waals surface area contributed by atoms with Crippen molar-refractivity contribution in [3.05, 3.63) is 46.5 Å². The topological polar surface area (TPSA) is 43.1 Å². The number of hydrogen-bond acceptors (Lipinski definition) is 3. The average molecular weight is 263 g/mol. The first-order valence-corrected chi connectivity index (χ1v) is 5.44. The molecule has 0 aliphatic rings. The van der Waals surface area contributed by atoms with Crippen LogP contribution in [0, 0.1) is 10.1 Å². The molecule has 3 nitrogen and oxygen atoms in total. The van der Waals surface area contributed by atoms with Crippen LogP contribution in [0.3, 0.4) is 0 Å². The summed E-state index contributed by atoms with van der Waals surface area (Å²) in [5, 5.41) is 10.5.